The first-order chi connectivity index (χ1) is 12.6. The summed E-state index contributed by atoms with van der Waals surface area (Å²) in [5.74, 6) is 0.296. The number of anilines is 1. The Bertz CT molecular complexity index is 679. The number of carbonyl (C=O) groups is 1. The molecule has 0 aliphatic rings. The predicted molar refractivity (Wildman–Crippen MR) is 97.9 cm³/mol. The zero-order valence-corrected chi connectivity index (χ0v) is 14.8. The Kier molecular flexibility index (Phi) is 7.65. The maximum Gasteiger partial charge on any atom is 0.259 e. The van der Waals surface area contributed by atoms with Gasteiger partial charge in [-0.1, -0.05) is 31.5 Å². The molecule has 2 rings (SSSR count). The lowest BCUT2D eigenvalue weighted by molar-refractivity contribution is -0.0137. The molecule has 0 spiro atoms. The van der Waals surface area contributed by atoms with Crippen molar-refractivity contribution in [1.29, 1.82) is 0 Å². The summed E-state index contributed by atoms with van der Waals surface area (Å²) in [4.78, 5) is 22.9. The summed E-state index contributed by atoms with van der Waals surface area (Å²) in [6, 6.07) is 9.00. The monoisotopic (exact) mass is 359 g/mol. The van der Waals surface area contributed by atoms with Gasteiger partial charge in [0.2, 0.25) is 0 Å². The topological polar surface area (TPSA) is 107 Å². The minimum atomic E-state index is -1.22. The van der Waals surface area contributed by atoms with Crippen molar-refractivity contribution >= 4 is 11.7 Å². The fourth-order valence-electron chi connectivity index (χ4n) is 2.44. The van der Waals surface area contributed by atoms with E-state index in [4.69, 9.17) is 5.11 Å². The van der Waals surface area contributed by atoms with Crippen LogP contribution in [-0.4, -0.2) is 56.6 Å². The number of aliphatic hydroxyl groups is 3. The van der Waals surface area contributed by atoms with Crippen molar-refractivity contribution in [1.82, 2.24) is 9.97 Å². The van der Waals surface area contributed by atoms with Crippen molar-refractivity contribution in [2.45, 2.75) is 38.4 Å². The van der Waals surface area contributed by atoms with E-state index in [1.54, 1.807) is 17.0 Å². The van der Waals surface area contributed by atoms with Crippen LogP contribution < -0.4 is 4.90 Å². The van der Waals surface area contributed by atoms with Crippen LogP contribution in [0.2, 0.25) is 0 Å². The average Bonchev–Trinajstić information content (AvgIpc) is 2.69. The van der Waals surface area contributed by atoms with Gasteiger partial charge in [-0.2, -0.15) is 0 Å². The van der Waals surface area contributed by atoms with Crippen molar-refractivity contribution in [3.05, 3.63) is 54.0 Å². The van der Waals surface area contributed by atoms with E-state index in [9.17, 15) is 15.0 Å². The Hall–Kier alpha value is -2.35. The van der Waals surface area contributed by atoms with Crippen LogP contribution in [0, 0.1) is 0 Å². The number of carbonyl (C=O) groups excluding carboxylic acids is 1. The lowest BCUT2D eigenvalue weighted by Crippen LogP contribution is -2.33. The molecule has 2 atom stereocenters. The van der Waals surface area contributed by atoms with Crippen LogP contribution in [0.15, 0.2) is 42.7 Å². The van der Waals surface area contributed by atoms with Gasteiger partial charge in [-0.05, 0) is 18.6 Å². The summed E-state index contributed by atoms with van der Waals surface area (Å²) < 4.78 is 0. The molecule has 1 aromatic heterocycles. The number of amides is 1. The van der Waals surface area contributed by atoms with E-state index in [0.717, 1.165) is 12.8 Å². The Morgan fingerprint density at radius 3 is 2.42 bits per heavy atom. The van der Waals surface area contributed by atoms with Gasteiger partial charge in [-0.3, -0.25) is 14.7 Å². The molecule has 1 heterocycles. The molecule has 0 aliphatic heterocycles. The molecule has 0 radical (unpaired) electrons. The van der Waals surface area contributed by atoms with Crippen molar-refractivity contribution in [2.24, 2.45) is 0 Å². The molecule has 7 nitrogen and oxygen atoms in total. The summed E-state index contributed by atoms with van der Waals surface area (Å²) in [6.07, 6.45) is 2.46. The quantitative estimate of drug-likeness (QED) is 0.621. The molecule has 3 N–H and O–H groups in total. The van der Waals surface area contributed by atoms with E-state index in [0.29, 0.717) is 23.6 Å². The molecular formula is C19H25N3O4. The van der Waals surface area contributed by atoms with Gasteiger partial charge >= 0.3 is 0 Å². The minimum Gasteiger partial charge on any atom is -0.394 e. The Balaban J connectivity index is 2.16. The van der Waals surface area contributed by atoms with Gasteiger partial charge < -0.3 is 15.3 Å². The standard InChI is InChI=1S/C19H25N3O4/c1-2-3-9-22(19(26)14-7-5-4-6-8-14)18-12-20-15(11-21-18)10-16(24)17(25)13-23/h4-8,11-12,16-17,23-25H,2-3,9-10,13H2,1H3/t16-,17+/m0/s1. The molecule has 0 saturated heterocycles. The molecule has 0 saturated carbocycles. The average molecular weight is 359 g/mol. The third kappa shape index (κ3) is 5.32. The van der Waals surface area contributed by atoms with Crippen molar-refractivity contribution in [2.75, 3.05) is 18.1 Å². The van der Waals surface area contributed by atoms with E-state index < -0.39 is 18.8 Å². The Morgan fingerprint density at radius 1 is 1.12 bits per heavy atom. The van der Waals surface area contributed by atoms with Crippen LogP contribution >= 0.6 is 0 Å². The highest BCUT2D eigenvalue weighted by molar-refractivity contribution is 6.05. The fourth-order valence-corrected chi connectivity index (χ4v) is 2.44. The molecule has 7 heteroatoms. The van der Waals surface area contributed by atoms with Crippen LogP contribution in [0.3, 0.4) is 0 Å². The molecule has 140 valence electrons. The second kappa shape index (κ2) is 9.96. The molecule has 2 aromatic rings. The molecule has 0 aliphatic carbocycles. The number of hydrogen-bond acceptors (Lipinski definition) is 6. The number of benzene rings is 1. The van der Waals surface area contributed by atoms with E-state index in [-0.39, 0.29) is 12.3 Å². The number of unbranched alkanes of at least 4 members (excludes halogenated alkanes) is 1. The van der Waals surface area contributed by atoms with E-state index in [1.165, 1.54) is 12.4 Å². The van der Waals surface area contributed by atoms with E-state index >= 15 is 0 Å². The minimum absolute atomic E-state index is 0.0661. The summed E-state index contributed by atoms with van der Waals surface area (Å²) in [7, 11) is 0. The van der Waals surface area contributed by atoms with Crippen molar-refractivity contribution in [3.8, 4) is 0 Å². The van der Waals surface area contributed by atoms with Crippen LogP contribution in [0.1, 0.15) is 35.8 Å². The first kappa shape index (κ1) is 20.0. The van der Waals surface area contributed by atoms with Crippen LogP contribution in [0.5, 0.6) is 0 Å². The van der Waals surface area contributed by atoms with Gasteiger partial charge in [-0.15, -0.1) is 0 Å². The number of aliphatic hydroxyl groups excluding tert-OH is 3. The number of rotatable bonds is 9. The molecule has 1 amide bonds. The SMILES string of the molecule is CCCCN(C(=O)c1ccccc1)c1cnc(C[C@H](O)[C@H](O)CO)cn1. The lowest BCUT2D eigenvalue weighted by Gasteiger charge is -2.22. The zero-order chi connectivity index (χ0) is 18.9. The summed E-state index contributed by atoms with van der Waals surface area (Å²) >= 11 is 0. The normalized spacial score (nSPS) is 13.2. The Labute approximate surface area is 153 Å². The van der Waals surface area contributed by atoms with Crippen molar-refractivity contribution < 1.29 is 20.1 Å². The lowest BCUT2D eigenvalue weighted by atomic mass is 10.1. The molecule has 26 heavy (non-hydrogen) atoms. The van der Waals surface area contributed by atoms with Gasteiger partial charge in [0, 0.05) is 18.5 Å². The second-order valence-corrected chi connectivity index (χ2v) is 6.06. The van der Waals surface area contributed by atoms with Crippen LogP contribution in [-0.2, 0) is 6.42 Å². The smallest absolute Gasteiger partial charge is 0.259 e. The largest absolute Gasteiger partial charge is 0.394 e. The van der Waals surface area contributed by atoms with Crippen LogP contribution in [0.25, 0.3) is 0 Å². The molecule has 0 fully saturated rings. The molecule has 0 unspecified atom stereocenters. The third-order valence-electron chi connectivity index (χ3n) is 4.02. The molecule has 1 aromatic carbocycles. The number of nitrogens with zero attached hydrogens (tertiary/aromatic N) is 3. The predicted octanol–water partition coefficient (Wildman–Crippen LogP) is 1.18. The number of aromatic nitrogens is 2. The number of hydrogen-bond donors (Lipinski definition) is 3. The Morgan fingerprint density at radius 2 is 1.85 bits per heavy atom. The van der Waals surface area contributed by atoms with Gasteiger partial charge in [-0.25, -0.2) is 4.98 Å². The first-order valence-corrected chi connectivity index (χ1v) is 8.71. The van der Waals surface area contributed by atoms with Crippen LogP contribution in [0.4, 0.5) is 5.82 Å². The summed E-state index contributed by atoms with van der Waals surface area (Å²) in [5.41, 5.74) is 1.05. The maximum absolute atomic E-state index is 12.8. The summed E-state index contributed by atoms with van der Waals surface area (Å²) in [5, 5.41) is 28.0. The highest BCUT2D eigenvalue weighted by Gasteiger charge is 2.20. The highest BCUT2D eigenvalue weighted by Crippen LogP contribution is 2.16. The molecular weight excluding hydrogens is 334 g/mol. The first-order valence-electron chi connectivity index (χ1n) is 8.71. The van der Waals surface area contributed by atoms with Gasteiger partial charge in [0.15, 0.2) is 5.82 Å². The van der Waals surface area contributed by atoms with Gasteiger partial charge in [0.1, 0.15) is 6.10 Å². The van der Waals surface area contributed by atoms with E-state index in [2.05, 4.69) is 9.97 Å². The van der Waals surface area contributed by atoms with E-state index in [1.807, 2.05) is 25.1 Å². The fraction of sp³-hybridized carbons (Fsp3) is 0.421. The van der Waals surface area contributed by atoms with Gasteiger partial charge in [0.05, 0.1) is 30.8 Å². The summed E-state index contributed by atoms with van der Waals surface area (Å²) in [6.45, 7) is 2.06. The van der Waals surface area contributed by atoms with Gasteiger partial charge in [0.25, 0.3) is 5.91 Å². The maximum atomic E-state index is 12.8. The second-order valence-electron chi connectivity index (χ2n) is 6.06. The molecule has 0 bridgehead atoms. The third-order valence-corrected chi connectivity index (χ3v) is 4.02. The highest BCUT2D eigenvalue weighted by atomic mass is 16.4. The van der Waals surface area contributed by atoms with Crippen molar-refractivity contribution in [3.63, 3.8) is 0 Å². The zero-order valence-electron chi connectivity index (χ0n) is 14.8.